The van der Waals surface area contributed by atoms with E-state index in [0.29, 0.717) is 10.8 Å². The van der Waals surface area contributed by atoms with Crippen LogP contribution in [0.25, 0.3) is 0 Å². The fourth-order valence-corrected chi connectivity index (χ4v) is 2.95. The number of hydrogen-bond donors (Lipinski definition) is 2. The highest BCUT2D eigenvalue weighted by molar-refractivity contribution is 7.99. The van der Waals surface area contributed by atoms with Crippen molar-refractivity contribution in [1.82, 2.24) is 10.3 Å². The second kappa shape index (κ2) is 6.97. The van der Waals surface area contributed by atoms with Gasteiger partial charge in [-0.15, -0.1) is 11.8 Å². The molecule has 1 atom stereocenters. The summed E-state index contributed by atoms with van der Waals surface area (Å²) in [5.41, 5.74) is 8.01. The molecule has 0 saturated heterocycles. The van der Waals surface area contributed by atoms with Gasteiger partial charge in [0.25, 0.3) is 0 Å². The molecule has 1 aromatic heterocycles. The predicted molar refractivity (Wildman–Crippen MR) is 87.4 cm³/mol. The third-order valence-electron chi connectivity index (χ3n) is 3.04. The van der Waals surface area contributed by atoms with E-state index in [0.717, 1.165) is 16.9 Å². The lowest BCUT2D eigenvalue weighted by Crippen LogP contribution is -2.19. The quantitative estimate of drug-likeness (QED) is 0.826. The zero-order chi connectivity index (χ0) is 14.5. The number of hydrogen-bond acceptors (Lipinski definition) is 4. The summed E-state index contributed by atoms with van der Waals surface area (Å²) in [5.74, 6) is 1.57. The van der Waals surface area contributed by atoms with Gasteiger partial charge in [0.2, 0.25) is 0 Å². The number of benzene rings is 1. The van der Waals surface area contributed by atoms with Crippen LogP contribution >= 0.6 is 23.4 Å². The van der Waals surface area contributed by atoms with Gasteiger partial charge in [-0.1, -0.05) is 30.7 Å². The molecular formula is C15H18ClN3S. The zero-order valence-corrected chi connectivity index (χ0v) is 13.1. The summed E-state index contributed by atoms with van der Waals surface area (Å²) in [5, 5.41) is 3.86. The van der Waals surface area contributed by atoms with Crippen molar-refractivity contribution in [2.24, 2.45) is 0 Å². The lowest BCUT2D eigenvalue weighted by atomic mass is 9.99. The fourth-order valence-electron chi connectivity index (χ4n) is 2.12. The van der Waals surface area contributed by atoms with Gasteiger partial charge in [0.15, 0.2) is 0 Å². The number of nitrogens with zero attached hydrogens (tertiary/aromatic N) is 1. The van der Waals surface area contributed by atoms with Crippen LogP contribution in [0.15, 0.2) is 41.4 Å². The minimum absolute atomic E-state index is 0.0122. The fraction of sp³-hybridized carbons (Fsp3) is 0.267. The van der Waals surface area contributed by atoms with Gasteiger partial charge in [0.1, 0.15) is 5.82 Å². The first kappa shape index (κ1) is 15.2. The van der Waals surface area contributed by atoms with Gasteiger partial charge in [-0.25, -0.2) is 4.98 Å². The van der Waals surface area contributed by atoms with Gasteiger partial charge >= 0.3 is 0 Å². The van der Waals surface area contributed by atoms with E-state index in [-0.39, 0.29) is 6.04 Å². The lowest BCUT2D eigenvalue weighted by molar-refractivity contribution is 0.691. The van der Waals surface area contributed by atoms with E-state index < -0.39 is 0 Å². The number of halogens is 1. The Morgan fingerprint density at radius 2 is 2.05 bits per heavy atom. The molecular weight excluding hydrogens is 290 g/mol. The number of aromatic nitrogens is 1. The Morgan fingerprint density at radius 1 is 1.35 bits per heavy atom. The van der Waals surface area contributed by atoms with Crippen molar-refractivity contribution < 1.29 is 0 Å². The Labute approximate surface area is 128 Å². The molecule has 0 amide bonds. The Hall–Kier alpha value is -1.23. The summed E-state index contributed by atoms with van der Waals surface area (Å²) < 4.78 is 0. The van der Waals surface area contributed by atoms with Crippen LogP contribution < -0.4 is 11.1 Å². The van der Waals surface area contributed by atoms with E-state index in [1.807, 2.05) is 24.9 Å². The molecule has 0 aliphatic rings. The van der Waals surface area contributed by atoms with Gasteiger partial charge in [0.05, 0.1) is 11.1 Å². The largest absolute Gasteiger partial charge is 0.383 e. The molecule has 5 heteroatoms. The monoisotopic (exact) mass is 307 g/mol. The molecule has 2 aromatic rings. The molecule has 0 saturated carbocycles. The number of nitrogens with two attached hydrogens (primary N) is 1. The predicted octanol–water partition coefficient (Wildman–Crippen LogP) is 3.74. The maximum atomic E-state index is 6.02. The zero-order valence-electron chi connectivity index (χ0n) is 11.6. The van der Waals surface area contributed by atoms with Crippen molar-refractivity contribution in [2.45, 2.75) is 17.9 Å². The summed E-state index contributed by atoms with van der Waals surface area (Å²) >= 11 is 7.85. The molecule has 0 radical (unpaired) electrons. The number of nitrogens with one attached hydrogen (secondary N) is 1. The van der Waals surface area contributed by atoms with Crippen LogP contribution in [0.2, 0.25) is 5.02 Å². The van der Waals surface area contributed by atoms with Gasteiger partial charge < -0.3 is 11.1 Å². The molecule has 20 heavy (non-hydrogen) atoms. The van der Waals surface area contributed by atoms with E-state index >= 15 is 0 Å². The third-order valence-corrected chi connectivity index (χ3v) is 4.14. The van der Waals surface area contributed by atoms with Crippen LogP contribution in [0, 0.1) is 0 Å². The molecule has 0 aliphatic heterocycles. The first-order valence-electron chi connectivity index (χ1n) is 6.46. The molecule has 0 spiro atoms. The van der Waals surface area contributed by atoms with Gasteiger partial charge in [-0.05, 0) is 36.6 Å². The van der Waals surface area contributed by atoms with Gasteiger partial charge in [-0.2, -0.15) is 0 Å². The summed E-state index contributed by atoms with van der Waals surface area (Å²) in [6, 6.07) is 10.3. The van der Waals surface area contributed by atoms with Gasteiger partial charge in [-0.3, -0.25) is 0 Å². The number of rotatable bonds is 5. The number of anilines is 1. The van der Waals surface area contributed by atoms with Gasteiger partial charge in [0, 0.05) is 16.7 Å². The van der Waals surface area contributed by atoms with E-state index in [1.165, 1.54) is 4.90 Å². The first-order chi connectivity index (χ1) is 9.65. The second-order valence-corrected chi connectivity index (χ2v) is 6.13. The minimum Gasteiger partial charge on any atom is -0.383 e. The number of thioether (sulfide) groups is 1. The highest BCUT2D eigenvalue weighted by Crippen LogP contribution is 2.29. The van der Waals surface area contributed by atoms with E-state index in [4.69, 9.17) is 17.3 Å². The Balaban J connectivity index is 2.34. The van der Waals surface area contributed by atoms with Crippen molar-refractivity contribution in [1.29, 1.82) is 0 Å². The van der Waals surface area contributed by atoms with E-state index in [9.17, 15) is 0 Å². The van der Waals surface area contributed by atoms with Crippen LogP contribution in [0.3, 0.4) is 0 Å². The maximum absolute atomic E-state index is 6.02. The summed E-state index contributed by atoms with van der Waals surface area (Å²) in [6.07, 6.45) is 1.56. The maximum Gasteiger partial charge on any atom is 0.128 e. The molecule has 1 unspecified atom stereocenters. The molecule has 3 N–H and O–H groups in total. The van der Waals surface area contributed by atoms with Crippen molar-refractivity contribution in [2.75, 3.05) is 18.5 Å². The molecule has 106 valence electrons. The summed E-state index contributed by atoms with van der Waals surface area (Å²) in [4.78, 5) is 5.39. The third kappa shape index (κ3) is 3.45. The molecule has 3 nitrogen and oxygen atoms in total. The molecule has 1 aromatic carbocycles. The van der Waals surface area contributed by atoms with Crippen molar-refractivity contribution >= 4 is 29.2 Å². The van der Waals surface area contributed by atoms with Crippen LogP contribution in [-0.4, -0.2) is 17.8 Å². The standard InChI is InChI=1S/C15H18ClN3S/c1-3-20-12-6-4-10(5-7-12)14(18-2)13-8-11(16)9-19-15(13)17/h4-9,14,18H,3H2,1-2H3,(H2,17,19). The van der Waals surface area contributed by atoms with Crippen molar-refractivity contribution in [3.05, 3.63) is 52.7 Å². The lowest BCUT2D eigenvalue weighted by Gasteiger charge is -2.19. The SMILES string of the molecule is CCSc1ccc(C(NC)c2cc(Cl)cnc2N)cc1. The molecule has 2 rings (SSSR count). The summed E-state index contributed by atoms with van der Waals surface area (Å²) in [7, 11) is 1.90. The van der Waals surface area contributed by atoms with Crippen molar-refractivity contribution in [3.63, 3.8) is 0 Å². The van der Waals surface area contributed by atoms with Crippen LogP contribution in [0.5, 0.6) is 0 Å². The first-order valence-corrected chi connectivity index (χ1v) is 7.83. The van der Waals surface area contributed by atoms with Crippen molar-refractivity contribution in [3.8, 4) is 0 Å². The molecule has 1 heterocycles. The average Bonchev–Trinajstić information content (AvgIpc) is 2.45. The topological polar surface area (TPSA) is 50.9 Å². The van der Waals surface area contributed by atoms with Crippen LogP contribution in [-0.2, 0) is 0 Å². The average molecular weight is 308 g/mol. The van der Waals surface area contributed by atoms with Crippen LogP contribution in [0.1, 0.15) is 24.1 Å². The number of nitrogen functional groups attached to an aromatic ring is 1. The Kier molecular flexibility index (Phi) is 5.29. The highest BCUT2D eigenvalue weighted by atomic mass is 35.5. The smallest absolute Gasteiger partial charge is 0.128 e. The Morgan fingerprint density at radius 3 is 2.65 bits per heavy atom. The molecule has 0 bridgehead atoms. The molecule has 0 aliphatic carbocycles. The molecule has 0 fully saturated rings. The highest BCUT2D eigenvalue weighted by Gasteiger charge is 2.16. The van der Waals surface area contributed by atoms with E-state index in [1.54, 1.807) is 6.20 Å². The van der Waals surface area contributed by atoms with E-state index in [2.05, 4.69) is 41.5 Å². The summed E-state index contributed by atoms with van der Waals surface area (Å²) in [6.45, 7) is 2.15. The van der Waals surface area contributed by atoms with Crippen LogP contribution in [0.4, 0.5) is 5.82 Å². The normalized spacial score (nSPS) is 12.3. The Bertz CT molecular complexity index is 572. The second-order valence-electron chi connectivity index (χ2n) is 4.35. The minimum atomic E-state index is -0.0122. The number of pyridine rings is 1.